The summed E-state index contributed by atoms with van der Waals surface area (Å²) in [5.41, 5.74) is 4.13. The van der Waals surface area contributed by atoms with E-state index >= 15 is 0 Å². The number of hydrogen-bond donors (Lipinski definition) is 0. The monoisotopic (exact) mass is 385 g/mol. The van der Waals surface area contributed by atoms with Crippen LogP contribution in [0.25, 0.3) is 22.2 Å². The molecule has 0 aliphatic carbocycles. The maximum atomic E-state index is 12.3. The van der Waals surface area contributed by atoms with E-state index in [1.807, 2.05) is 58.0 Å². The minimum atomic E-state index is -1.35. The van der Waals surface area contributed by atoms with E-state index in [4.69, 9.17) is 16.6 Å². The summed E-state index contributed by atoms with van der Waals surface area (Å²) in [5.74, 6) is 0. The van der Waals surface area contributed by atoms with E-state index < -0.39 is 16.1 Å². The van der Waals surface area contributed by atoms with Crippen molar-refractivity contribution in [1.82, 2.24) is 9.97 Å². The van der Waals surface area contributed by atoms with Crippen LogP contribution >= 0.6 is 11.6 Å². The summed E-state index contributed by atoms with van der Waals surface area (Å²) >= 11 is 4.98. The summed E-state index contributed by atoms with van der Waals surface area (Å²) < 4.78 is 16.2. The van der Waals surface area contributed by atoms with E-state index in [2.05, 4.69) is 9.38 Å². The minimum Gasteiger partial charge on any atom is -0.591 e. The van der Waals surface area contributed by atoms with Crippen LogP contribution in [0, 0.1) is 6.92 Å². The highest BCUT2D eigenvalue weighted by Gasteiger charge is 2.26. The lowest BCUT2D eigenvalue weighted by Crippen LogP contribution is -2.25. The van der Waals surface area contributed by atoms with Crippen LogP contribution in [-0.2, 0) is 11.4 Å². The Kier molecular flexibility index (Phi) is 5.32. The highest BCUT2D eigenvalue weighted by molar-refractivity contribution is 7.91. The van der Waals surface area contributed by atoms with E-state index in [0.29, 0.717) is 5.02 Å². The van der Waals surface area contributed by atoms with E-state index in [1.165, 1.54) is 0 Å². The Morgan fingerprint density at radius 3 is 2.65 bits per heavy atom. The van der Waals surface area contributed by atoms with Gasteiger partial charge >= 0.3 is 0 Å². The largest absolute Gasteiger partial charge is 0.591 e. The first-order valence-electron chi connectivity index (χ1n) is 8.23. The van der Waals surface area contributed by atoms with Gasteiger partial charge in [-0.1, -0.05) is 28.1 Å². The number of pyridine rings is 2. The quantitative estimate of drug-likeness (QED) is 0.463. The number of nitrogens with zero attached hydrogens (tertiary/aromatic N) is 3. The topological polar surface area (TPSA) is 61.2 Å². The third kappa shape index (κ3) is 4.06. The van der Waals surface area contributed by atoms with Crippen LogP contribution in [0.2, 0.25) is 5.02 Å². The van der Waals surface area contributed by atoms with Crippen LogP contribution < -0.4 is 0 Å². The van der Waals surface area contributed by atoms with Crippen molar-refractivity contribution >= 4 is 40.1 Å². The molecule has 0 saturated heterocycles. The van der Waals surface area contributed by atoms with Crippen molar-refractivity contribution in [2.45, 2.75) is 32.4 Å². The summed E-state index contributed by atoms with van der Waals surface area (Å²) in [6.45, 7) is 7.66. The van der Waals surface area contributed by atoms with Gasteiger partial charge in [0.2, 0.25) is 0 Å². The molecule has 26 heavy (non-hydrogen) atoms. The predicted octanol–water partition coefficient (Wildman–Crippen LogP) is 5.14. The van der Waals surface area contributed by atoms with Crippen molar-refractivity contribution in [3.05, 3.63) is 58.9 Å². The van der Waals surface area contributed by atoms with Gasteiger partial charge in [0.25, 0.3) is 0 Å². The summed E-state index contributed by atoms with van der Waals surface area (Å²) in [6.07, 6.45) is 5.18. The summed E-state index contributed by atoms with van der Waals surface area (Å²) in [5, 5.41) is 1.50. The Morgan fingerprint density at radius 1 is 1.19 bits per heavy atom. The SMILES string of the molecule is Cc1cncc(-c2nc3c(Cl)cccc3cc2/C=N/[S+]([O-])C(C)(C)C)c1. The lowest BCUT2D eigenvalue weighted by atomic mass is 10.0. The molecule has 0 fully saturated rings. The minimum absolute atomic E-state index is 0.421. The molecule has 1 atom stereocenters. The molecule has 3 aromatic rings. The second-order valence-corrected chi connectivity index (χ2v) is 9.43. The number of aryl methyl sites for hydroxylation is 1. The average Bonchev–Trinajstić information content (AvgIpc) is 2.58. The van der Waals surface area contributed by atoms with Crippen LogP contribution in [0.3, 0.4) is 0 Å². The van der Waals surface area contributed by atoms with Gasteiger partial charge in [0.1, 0.15) is 16.1 Å². The third-order valence-corrected chi connectivity index (χ3v) is 5.44. The first-order chi connectivity index (χ1) is 12.3. The first-order valence-corrected chi connectivity index (χ1v) is 9.71. The van der Waals surface area contributed by atoms with E-state index in [1.54, 1.807) is 18.6 Å². The van der Waals surface area contributed by atoms with Crippen molar-refractivity contribution in [1.29, 1.82) is 0 Å². The van der Waals surface area contributed by atoms with Crippen LogP contribution in [0.1, 0.15) is 31.9 Å². The van der Waals surface area contributed by atoms with Gasteiger partial charge in [-0.3, -0.25) is 4.98 Å². The molecule has 0 amide bonds. The van der Waals surface area contributed by atoms with Crippen molar-refractivity contribution < 1.29 is 4.55 Å². The molecular weight excluding hydrogens is 366 g/mol. The molecule has 2 aromatic heterocycles. The van der Waals surface area contributed by atoms with Gasteiger partial charge in [0, 0.05) is 28.9 Å². The van der Waals surface area contributed by atoms with E-state index in [-0.39, 0.29) is 0 Å². The molecule has 4 nitrogen and oxygen atoms in total. The van der Waals surface area contributed by atoms with Crippen LogP contribution in [0.15, 0.2) is 47.1 Å². The zero-order valence-electron chi connectivity index (χ0n) is 15.2. The molecule has 6 heteroatoms. The molecule has 0 spiro atoms. The van der Waals surface area contributed by atoms with Crippen molar-refractivity contribution in [2.24, 2.45) is 4.40 Å². The summed E-state index contributed by atoms with van der Waals surface area (Å²) in [6, 6.07) is 9.63. The normalized spacial score (nSPS) is 13.5. The van der Waals surface area contributed by atoms with Gasteiger partial charge in [0.05, 0.1) is 22.4 Å². The zero-order chi connectivity index (χ0) is 18.9. The lowest BCUT2D eigenvalue weighted by molar-refractivity contribution is 0.562. The highest BCUT2D eigenvalue weighted by Crippen LogP contribution is 2.29. The molecule has 0 N–H and O–H groups in total. The van der Waals surface area contributed by atoms with E-state index in [9.17, 15) is 4.55 Å². The molecule has 0 aliphatic rings. The molecule has 0 aliphatic heterocycles. The number of para-hydroxylation sites is 1. The molecule has 0 bridgehead atoms. The maximum absolute atomic E-state index is 12.3. The standard InChI is InChI=1S/C20H20ClN3OS/c1-13-8-15(11-22-10-13)18-16(12-23-26(25)20(2,3)4)9-14-6-5-7-17(21)19(14)24-18/h5-12H,1-4H3/b23-12+. The van der Waals surface area contributed by atoms with Gasteiger partial charge in [-0.25, -0.2) is 4.98 Å². The number of fused-ring (bicyclic) bond motifs is 1. The molecule has 134 valence electrons. The van der Waals surface area contributed by atoms with Gasteiger partial charge in [0.15, 0.2) is 0 Å². The highest BCUT2D eigenvalue weighted by atomic mass is 35.5. The molecule has 0 radical (unpaired) electrons. The smallest absolute Gasteiger partial charge is 0.144 e. The number of rotatable bonds is 3. The number of aromatic nitrogens is 2. The molecular formula is C20H20ClN3OS. The fourth-order valence-electron chi connectivity index (χ4n) is 2.46. The second kappa shape index (κ2) is 7.35. The number of halogens is 1. The maximum Gasteiger partial charge on any atom is 0.144 e. The van der Waals surface area contributed by atoms with Gasteiger partial charge in [-0.05, 0) is 51.5 Å². The van der Waals surface area contributed by atoms with Crippen LogP contribution in [0.4, 0.5) is 0 Å². The Bertz CT molecular complexity index is 982. The van der Waals surface area contributed by atoms with Gasteiger partial charge in [-0.15, -0.1) is 0 Å². The van der Waals surface area contributed by atoms with Crippen molar-refractivity contribution in [3.63, 3.8) is 0 Å². The Hall–Kier alpha value is -1.95. The average molecular weight is 386 g/mol. The lowest BCUT2D eigenvalue weighted by Gasteiger charge is -2.18. The summed E-state index contributed by atoms with van der Waals surface area (Å²) in [7, 11) is 0. The molecule has 1 unspecified atom stereocenters. The molecule has 3 rings (SSSR count). The zero-order valence-corrected chi connectivity index (χ0v) is 16.7. The van der Waals surface area contributed by atoms with Gasteiger partial charge in [-0.2, -0.15) is 0 Å². The third-order valence-electron chi connectivity index (χ3n) is 3.79. The van der Waals surface area contributed by atoms with Crippen molar-refractivity contribution in [2.75, 3.05) is 0 Å². The Labute approximate surface area is 161 Å². The predicted molar refractivity (Wildman–Crippen MR) is 110 cm³/mol. The number of hydrogen-bond acceptors (Lipinski definition) is 4. The second-order valence-electron chi connectivity index (χ2n) is 7.08. The summed E-state index contributed by atoms with van der Waals surface area (Å²) in [4.78, 5) is 9.03. The first kappa shape index (κ1) is 18.8. The van der Waals surface area contributed by atoms with Crippen molar-refractivity contribution in [3.8, 4) is 11.3 Å². The van der Waals surface area contributed by atoms with Crippen LogP contribution in [-0.4, -0.2) is 25.5 Å². The Morgan fingerprint density at radius 2 is 1.96 bits per heavy atom. The Balaban J connectivity index is 2.19. The fourth-order valence-corrected chi connectivity index (χ4v) is 3.21. The number of benzene rings is 1. The molecule has 0 saturated carbocycles. The molecule has 2 heterocycles. The van der Waals surface area contributed by atoms with Crippen LogP contribution in [0.5, 0.6) is 0 Å². The molecule has 1 aromatic carbocycles. The fraction of sp³-hybridized carbons (Fsp3) is 0.250. The van der Waals surface area contributed by atoms with Gasteiger partial charge < -0.3 is 4.55 Å². The van der Waals surface area contributed by atoms with E-state index in [0.717, 1.165) is 33.3 Å².